The fourth-order valence-electron chi connectivity index (χ4n) is 1.55. The Labute approximate surface area is 107 Å². The highest BCUT2D eigenvalue weighted by Crippen LogP contribution is 2.29. The van der Waals surface area contributed by atoms with Crippen molar-refractivity contribution in [3.05, 3.63) is 22.2 Å². The van der Waals surface area contributed by atoms with Crippen LogP contribution >= 0.6 is 15.9 Å². The first-order valence-corrected chi connectivity index (χ1v) is 5.72. The van der Waals surface area contributed by atoms with Gasteiger partial charge in [-0.25, -0.2) is 14.6 Å². The Bertz CT molecular complexity index is 566. The average Bonchev–Trinajstić information content (AvgIpc) is 2.56. The lowest BCUT2D eigenvalue weighted by Gasteiger charge is -2.09. The summed E-state index contributed by atoms with van der Waals surface area (Å²) >= 11 is 3.46. The van der Waals surface area contributed by atoms with Crippen LogP contribution in [-0.4, -0.2) is 26.9 Å². The van der Waals surface area contributed by atoms with E-state index in [1.165, 1.54) is 13.4 Å². The van der Waals surface area contributed by atoms with Crippen molar-refractivity contribution >= 4 is 21.7 Å². The molecule has 2 aromatic rings. The first-order chi connectivity index (χ1) is 8.06. The summed E-state index contributed by atoms with van der Waals surface area (Å²) in [6.45, 7) is 3.84. The second kappa shape index (κ2) is 4.33. The molecule has 0 aliphatic carbocycles. The van der Waals surface area contributed by atoms with Crippen molar-refractivity contribution in [1.82, 2.24) is 19.7 Å². The SMILES string of the molecule is COc1c(N)ncnc1-n1nc(C)c(Br)c1C. The van der Waals surface area contributed by atoms with Gasteiger partial charge in [0.2, 0.25) is 11.6 Å². The molecule has 6 nitrogen and oxygen atoms in total. The van der Waals surface area contributed by atoms with Gasteiger partial charge in [-0.15, -0.1) is 0 Å². The first kappa shape index (κ1) is 11.8. The van der Waals surface area contributed by atoms with Crippen LogP contribution < -0.4 is 10.5 Å². The number of nitrogens with zero attached hydrogens (tertiary/aromatic N) is 4. The van der Waals surface area contributed by atoms with Crippen LogP contribution in [0.3, 0.4) is 0 Å². The topological polar surface area (TPSA) is 78.9 Å². The number of ether oxygens (including phenoxy) is 1. The number of aryl methyl sites for hydroxylation is 1. The number of aromatic nitrogens is 4. The number of nitrogen functional groups attached to an aromatic ring is 1. The van der Waals surface area contributed by atoms with Crippen molar-refractivity contribution in [3.63, 3.8) is 0 Å². The van der Waals surface area contributed by atoms with Gasteiger partial charge in [0.1, 0.15) is 6.33 Å². The maximum atomic E-state index is 5.74. The highest BCUT2D eigenvalue weighted by molar-refractivity contribution is 9.10. The standard InChI is InChI=1S/C10H12BrN5O/c1-5-7(11)6(2)16(15-5)10-8(17-3)9(12)13-4-14-10/h4H,1-3H3,(H2,12,13,14). The van der Waals surface area contributed by atoms with E-state index in [0.717, 1.165) is 15.9 Å². The third-order valence-electron chi connectivity index (χ3n) is 2.42. The fraction of sp³-hybridized carbons (Fsp3) is 0.300. The summed E-state index contributed by atoms with van der Waals surface area (Å²) in [5.41, 5.74) is 7.54. The van der Waals surface area contributed by atoms with Gasteiger partial charge in [0.15, 0.2) is 5.82 Å². The Morgan fingerprint density at radius 1 is 1.35 bits per heavy atom. The van der Waals surface area contributed by atoms with Gasteiger partial charge in [0, 0.05) is 0 Å². The van der Waals surface area contributed by atoms with Gasteiger partial charge >= 0.3 is 0 Å². The lowest BCUT2D eigenvalue weighted by atomic mass is 10.4. The van der Waals surface area contributed by atoms with Crippen LogP contribution in [0.4, 0.5) is 5.82 Å². The molecular formula is C10H12BrN5O. The van der Waals surface area contributed by atoms with E-state index in [9.17, 15) is 0 Å². The Morgan fingerprint density at radius 2 is 2.06 bits per heavy atom. The molecule has 0 unspecified atom stereocenters. The largest absolute Gasteiger partial charge is 0.490 e. The molecule has 0 amide bonds. The van der Waals surface area contributed by atoms with Crippen molar-refractivity contribution in [3.8, 4) is 11.6 Å². The zero-order chi connectivity index (χ0) is 12.6. The summed E-state index contributed by atoms with van der Waals surface area (Å²) in [4.78, 5) is 8.04. The van der Waals surface area contributed by atoms with Gasteiger partial charge in [-0.3, -0.25) is 0 Å². The highest BCUT2D eigenvalue weighted by atomic mass is 79.9. The van der Waals surface area contributed by atoms with Gasteiger partial charge < -0.3 is 10.5 Å². The molecule has 2 aromatic heterocycles. The van der Waals surface area contributed by atoms with E-state index in [1.807, 2.05) is 13.8 Å². The molecule has 0 bridgehead atoms. The fourth-order valence-corrected chi connectivity index (χ4v) is 1.80. The Balaban J connectivity index is 2.68. The third-order valence-corrected chi connectivity index (χ3v) is 3.57. The van der Waals surface area contributed by atoms with Gasteiger partial charge in [-0.1, -0.05) is 0 Å². The number of nitrogens with two attached hydrogens (primary N) is 1. The van der Waals surface area contributed by atoms with Gasteiger partial charge in [-0.2, -0.15) is 5.10 Å². The predicted octanol–water partition coefficient (Wildman–Crippen LogP) is 1.63. The second-order valence-electron chi connectivity index (χ2n) is 3.51. The van der Waals surface area contributed by atoms with Crippen LogP contribution in [0, 0.1) is 13.8 Å². The third kappa shape index (κ3) is 1.86. The van der Waals surface area contributed by atoms with Crippen LogP contribution in [0.25, 0.3) is 5.82 Å². The van der Waals surface area contributed by atoms with Gasteiger partial charge in [-0.05, 0) is 29.8 Å². The number of hydrogen-bond donors (Lipinski definition) is 1. The molecule has 90 valence electrons. The number of hydrogen-bond acceptors (Lipinski definition) is 5. The van der Waals surface area contributed by atoms with Crippen molar-refractivity contribution in [2.45, 2.75) is 13.8 Å². The molecule has 0 aromatic carbocycles. The summed E-state index contributed by atoms with van der Waals surface area (Å²) in [6, 6.07) is 0. The van der Waals surface area contributed by atoms with Crippen molar-refractivity contribution in [1.29, 1.82) is 0 Å². The van der Waals surface area contributed by atoms with Crippen LogP contribution in [0.2, 0.25) is 0 Å². The minimum atomic E-state index is 0.293. The van der Waals surface area contributed by atoms with E-state index in [1.54, 1.807) is 4.68 Å². The lowest BCUT2D eigenvalue weighted by molar-refractivity contribution is 0.409. The van der Waals surface area contributed by atoms with E-state index in [2.05, 4.69) is 31.0 Å². The molecule has 0 aliphatic heterocycles. The minimum absolute atomic E-state index is 0.293. The van der Waals surface area contributed by atoms with E-state index in [-0.39, 0.29) is 0 Å². The summed E-state index contributed by atoms with van der Waals surface area (Å²) < 4.78 is 7.83. The molecule has 17 heavy (non-hydrogen) atoms. The van der Waals surface area contributed by atoms with Crippen LogP contribution in [-0.2, 0) is 0 Å². The second-order valence-corrected chi connectivity index (χ2v) is 4.31. The molecule has 0 saturated carbocycles. The Morgan fingerprint density at radius 3 is 2.59 bits per heavy atom. The lowest BCUT2D eigenvalue weighted by Crippen LogP contribution is -2.07. The Hall–Kier alpha value is -1.63. The van der Waals surface area contributed by atoms with Gasteiger partial charge in [0.25, 0.3) is 0 Å². The molecule has 0 fully saturated rings. The molecule has 7 heteroatoms. The summed E-state index contributed by atoms with van der Waals surface area (Å²) in [7, 11) is 1.53. The first-order valence-electron chi connectivity index (χ1n) is 4.92. The quantitative estimate of drug-likeness (QED) is 0.911. The maximum Gasteiger partial charge on any atom is 0.206 e. The van der Waals surface area contributed by atoms with Crippen molar-refractivity contribution < 1.29 is 4.74 Å². The number of rotatable bonds is 2. The van der Waals surface area contributed by atoms with Crippen molar-refractivity contribution in [2.75, 3.05) is 12.8 Å². The molecule has 2 rings (SSSR count). The molecule has 0 aliphatic rings. The smallest absolute Gasteiger partial charge is 0.206 e. The number of methoxy groups -OCH3 is 1. The highest BCUT2D eigenvalue weighted by Gasteiger charge is 2.17. The van der Waals surface area contributed by atoms with Crippen LogP contribution in [0.5, 0.6) is 5.75 Å². The summed E-state index contributed by atoms with van der Waals surface area (Å²) in [5, 5.41) is 4.37. The van der Waals surface area contributed by atoms with Crippen LogP contribution in [0.1, 0.15) is 11.4 Å². The Kier molecular flexibility index (Phi) is 3.01. The summed E-state index contributed by atoms with van der Waals surface area (Å²) in [5.74, 6) is 1.25. The molecule has 0 spiro atoms. The molecular weight excluding hydrogens is 286 g/mol. The molecule has 2 N–H and O–H groups in total. The maximum absolute atomic E-state index is 5.74. The minimum Gasteiger partial charge on any atom is -0.490 e. The van der Waals surface area contributed by atoms with Gasteiger partial charge in [0.05, 0.1) is 23.0 Å². The van der Waals surface area contributed by atoms with Crippen LogP contribution in [0.15, 0.2) is 10.8 Å². The zero-order valence-corrected chi connectivity index (χ0v) is 11.3. The van der Waals surface area contributed by atoms with E-state index in [4.69, 9.17) is 10.5 Å². The van der Waals surface area contributed by atoms with E-state index < -0.39 is 0 Å². The number of anilines is 1. The average molecular weight is 298 g/mol. The predicted molar refractivity (Wildman–Crippen MR) is 67.3 cm³/mol. The van der Waals surface area contributed by atoms with E-state index >= 15 is 0 Å². The van der Waals surface area contributed by atoms with Crippen molar-refractivity contribution in [2.24, 2.45) is 0 Å². The molecule has 0 radical (unpaired) electrons. The normalized spacial score (nSPS) is 10.6. The molecule has 0 atom stereocenters. The zero-order valence-electron chi connectivity index (χ0n) is 9.73. The molecule has 2 heterocycles. The molecule has 0 saturated heterocycles. The monoisotopic (exact) mass is 297 g/mol. The van der Waals surface area contributed by atoms with E-state index in [0.29, 0.717) is 17.4 Å². The summed E-state index contributed by atoms with van der Waals surface area (Å²) in [6.07, 6.45) is 1.39. The number of halogens is 1.